The van der Waals surface area contributed by atoms with Crippen molar-refractivity contribution in [1.29, 1.82) is 0 Å². The highest BCUT2D eigenvalue weighted by atomic mass is 32.2. The summed E-state index contributed by atoms with van der Waals surface area (Å²) in [5.41, 5.74) is 0. The molecule has 0 aromatic heterocycles. The maximum Gasteiger partial charge on any atom is 0.0552 e. The molecule has 2 atom stereocenters. The molecule has 1 aliphatic rings. The maximum absolute atomic E-state index is 3.96. The van der Waals surface area contributed by atoms with Crippen LogP contribution in [0.15, 0.2) is 11.5 Å². The fourth-order valence-electron chi connectivity index (χ4n) is 1.07. The first-order valence-corrected chi connectivity index (χ1v) is 4.23. The van der Waals surface area contributed by atoms with Gasteiger partial charge in [-0.1, -0.05) is 13.5 Å². The third-order valence-electron chi connectivity index (χ3n) is 1.56. The van der Waals surface area contributed by atoms with Crippen molar-refractivity contribution < 1.29 is 0 Å². The topological polar surface area (TPSA) is 12.0 Å². The summed E-state index contributed by atoms with van der Waals surface area (Å²) in [6.45, 7) is 8.31. The zero-order valence-electron chi connectivity index (χ0n) is 5.98. The summed E-state index contributed by atoms with van der Waals surface area (Å²) >= 11 is 1.85. The summed E-state index contributed by atoms with van der Waals surface area (Å²) < 4.78 is 0. The van der Waals surface area contributed by atoms with Crippen molar-refractivity contribution in [3.8, 4) is 0 Å². The molecule has 0 bridgehead atoms. The van der Waals surface area contributed by atoms with E-state index in [0.29, 0.717) is 11.4 Å². The molecule has 2 heteroatoms. The van der Waals surface area contributed by atoms with E-state index in [0.717, 1.165) is 6.42 Å². The Hall–Kier alpha value is 0.0500. The highest BCUT2D eigenvalue weighted by Gasteiger charge is 2.22. The third kappa shape index (κ3) is 1.49. The van der Waals surface area contributed by atoms with Crippen molar-refractivity contribution in [1.82, 2.24) is 5.32 Å². The number of hydrogen-bond acceptors (Lipinski definition) is 2. The first-order chi connectivity index (χ1) is 4.24. The first-order valence-electron chi connectivity index (χ1n) is 3.35. The van der Waals surface area contributed by atoms with Crippen molar-refractivity contribution in [2.45, 2.75) is 31.7 Å². The molecular weight excluding hydrogens is 130 g/mol. The van der Waals surface area contributed by atoms with E-state index < -0.39 is 0 Å². The largest absolute Gasteiger partial charge is 0.298 e. The zero-order valence-corrected chi connectivity index (χ0v) is 6.79. The summed E-state index contributed by atoms with van der Waals surface area (Å²) in [7, 11) is 0. The standard InChI is InChI=1S/C7H13NS/c1-4-7-5(2)9-6(3)8-7/h6-8H,2,4H2,1,3H3. The van der Waals surface area contributed by atoms with Gasteiger partial charge in [0.2, 0.25) is 0 Å². The first kappa shape index (κ1) is 7.16. The average molecular weight is 143 g/mol. The monoisotopic (exact) mass is 143 g/mol. The van der Waals surface area contributed by atoms with Crippen LogP contribution in [-0.2, 0) is 0 Å². The molecule has 0 radical (unpaired) electrons. The second-order valence-electron chi connectivity index (χ2n) is 2.35. The van der Waals surface area contributed by atoms with Crippen LogP contribution in [0.5, 0.6) is 0 Å². The molecule has 2 unspecified atom stereocenters. The third-order valence-corrected chi connectivity index (χ3v) is 2.64. The van der Waals surface area contributed by atoms with Crippen LogP contribution in [0.1, 0.15) is 20.3 Å². The Bertz CT molecular complexity index is 122. The van der Waals surface area contributed by atoms with Gasteiger partial charge in [-0.05, 0) is 18.2 Å². The van der Waals surface area contributed by atoms with E-state index >= 15 is 0 Å². The molecule has 0 amide bonds. The molecule has 9 heavy (non-hydrogen) atoms. The molecule has 1 N–H and O–H groups in total. The van der Waals surface area contributed by atoms with E-state index in [-0.39, 0.29) is 0 Å². The molecule has 1 nitrogen and oxygen atoms in total. The van der Waals surface area contributed by atoms with Gasteiger partial charge < -0.3 is 0 Å². The van der Waals surface area contributed by atoms with Gasteiger partial charge in [-0.2, -0.15) is 0 Å². The van der Waals surface area contributed by atoms with Gasteiger partial charge in [-0.15, -0.1) is 11.8 Å². The minimum Gasteiger partial charge on any atom is -0.298 e. The lowest BCUT2D eigenvalue weighted by Gasteiger charge is -2.05. The summed E-state index contributed by atoms with van der Waals surface area (Å²) in [5, 5.41) is 3.99. The van der Waals surface area contributed by atoms with Crippen molar-refractivity contribution >= 4 is 11.8 Å². The molecule has 1 fully saturated rings. The minimum atomic E-state index is 0.560. The zero-order chi connectivity index (χ0) is 6.85. The Labute approximate surface area is 60.9 Å². The smallest absolute Gasteiger partial charge is 0.0552 e. The highest BCUT2D eigenvalue weighted by Crippen LogP contribution is 2.30. The van der Waals surface area contributed by atoms with Crippen LogP contribution in [-0.4, -0.2) is 11.4 Å². The molecule has 0 spiro atoms. The summed E-state index contributed by atoms with van der Waals surface area (Å²) in [4.78, 5) is 1.30. The molecule has 0 aliphatic carbocycles. The second kappa shape index (κ2) is 2.76. The van der Waals surface area contributed by atoms with E-state index in [9.17, 15) is 0 Å². The predicted octanol–water partition coefficient (Wildman–Crippen LogP) is 1.96. The Morgan fingerprint density at radius 2 is 2.44 bits per heavy atom. The highest BCUT2D eigenvalue weighted by molar-refractivity contribution is 8.03. The number of nitrogens with one attached hydrogen (secondary N) is 1. The van der Waals surface area contributed by atoms with Crippen LogP contribution < -0.4 is 5.32 Å². The van der Waals surface area contributed by atoms with Gasteiger partial charge >= 0.3 is 0 Å². The number of rotatable bonds is 1. The van der Waals surface area contributed by atoms with Crippen LogP contribution in [0.2, 0.25) is 0 Å². The van der Waals surface area contributed by atoms with Crippen molar-refractivity contribution in [2.75, 3.05) is 0 Å². The lowest BCUT2D eigenvalue weighted by atomic mass is 10.2. The van der Waals surface area contributed by atoms with Gasteiger partial charge in [0.1, 0.15) is 0 Å². The molecule has 1 saturated heterocycles. The van der Waals surface area contributed by atoms with Crippen LogP contribution in [0.4, 0.5) is 0 Å². The van der Waals surface area contributed by atoms with E-state index in [4.69, 9.17) is 0 Å². The van der Waals surface area contributed by atoms with Crippen LogP contribution in [0.3, 0.4) is 0 Å². The Kier molecular flexibility index (Phi) is 2.19. The number of thioether (sulfide) groups is 1. The lowest BCUT2D eigenvalue weighted by Crippen LogP contribution is -2.26. The second-order valence-corrected chi connectivity index (χ2v) is 3.82. The van der Waals surface area contributed by atoms with Gasteiger partial charge in [0.15, 0.2) is 0 Å². The maximum atomic E-state index is 3.96. The van der Waals surface area contributed by atoms with Gasteiger partial charge in [-0.25, -0.2) is 0 Å². The molecular formula is C7H13NS. The molecule has 1 heterocycles. The quantitative estimate of drug-likeness (QED) is 0.602. The fourth-order valence-corrected chi connectivity index (χ4v) is 2.15. The van der Waals surface area contributed by atoms with E-state index in [1.807, 2.05) is 11.8 Å². The fraction of sp³-hybridized carbons (Fsp3) is 0.714. The van der Waals surface area contributed by atoms with Crippen molar-refractivity contribution in [3.63, 3.8) is 0 Å². The molecule has 52 valence electrons. The number of hydrogen-bond donors (Lipinski definition) is 1. The summed E-state index contributed by atoms with van der Waals surface area (Å²) in [5.74, 6) is 0. The SMILES string of the molecule is C=C1SC(C)NC1CC. The molecule has 0 aromatic rings. The summed E-state index contributed by atoms with van der Waals surface area (Å²) in [6, 6.07) is 0.560. The summed E-state index contributed by atoms with van der Waals surface area (Å²) in [6.07, 6.45) is 1.16. The van der Waals surface area contributed by atoms with Crippen LogP contribution >= 0.6 is 11.8 Å². The Morgan fingerprint density at radius 1 is 1.78 bits per heavy atom. The van der Waals surface area contributed by atoms with Gasteiger partial charge in [-0.3, -0.25) is 5.32 Å². The predicted molar refractivity (Wildman–Crippen MR) is 43.4 cm³/mol. The average Bonchev–Trinajstić information content (AvgIpc) is 2.10. The molecule has 1 aliphatic heterocycles. The lowest BCUT2D eigenvalue weighted by molar-refractivity contribution is 0.593. The van der Waals surface area contributed by atoms with Gasteiger partial charge in [0, 0.05) is 6.04 Å². The van der Waals surface area contributed by atoms with Crippen molar-refractivity contribution in [2.24, 2.45) is 0 Å². The molecule has 0 saturated carbocycles. The molecule has 1 rings (SSSR count). The Balaban J connectivity index is 2.48. The van der Waals surface area contributed by atoms with Crippen LogP contribution in [0.25, 0.3) is 0 Å². The van der Waals surface area contributed by atoms with Gasteiger partial charge in [0.25, 0.3) is 0 Å². The van der Waals surface area contributed by atoms with E-state index in [1.54, 1.807) is 0 Å². The van der Waals surface area contributed by atoms with E-state index in [2.05, 4.69) is 25.7 Å². The van der Waals surface area contributed by atoms with Crippen molar-refractivity contribution in [3.05, 3.63) is 11.5 Å². The Morgan fingerprint density at radius 3 is 2.67 bits per heavy atom. The minimum absolute atomic E-state index is 0.560. The van der Waals surface area contributed by atoms with Crippen LogP contribution in [0, 0.1) is 0 Å². The molecule has 0 aromatic carbocycles. The normalized spacial score (nSPS) is 35.6. The van der Waals surface area contributed by atoms with Gasteiger partial charge in [0.05, 0.1) is 5.37 Å². The van der Waals surface area contributed by atoms with E-state index in [1.165, 1.54) is 4.91 Å².